The molecule has 0 unspecified atom stereocenters. The summed E-state index contributed by atoms with van der Waals surface area (Å²) in [5.41, 5.74) is -0.191. The van der Waals surface area contributed by atoms with Crippen LogP contribution in [-0.2, 0) is 13.7 Å². The van der Waals surface area contributed by atoms with Crippen LogP contribution in [0, 0.1) is 0 Å². The van der Waals surface area contributed by atoms with Gasteiger partial charge in [0.05, 0.1) is 0 Å². The fourth-order valence-corrected chi connectivity index (χ4v) is 8.35. The van der Waals surface area contributed by atoms with Gasteiger partial charge in [-0.25, -0.2) is 0 Å². The Balaban J connectivity index is 4.32. The summed E-state index contributed by atoms with van der Waals surface area (Å²) in [5.74, 6) is 0. The van der Waals surface area contributed by atoms with Gasteiger partial charge in [0.1, 0.15) is 0 Å². The van der Waals surface area contributed by atoms with E-state index < -0.39 is 13.7 Å². The van der Waals surface area contributed by atoms with E-state index in [-0.39, 0.29) is 5.54 Å². The first-order chi connectivity index (χ1) is 3.71. The molecule has 0 aliphatic rings. The summed E-state index contributed by atoms with van der Waals surface area (Å²) in [6.07, 6.45) is 0. The van der Waals surface area contributed by atoms with E-state index in [1.54, 1.807) is 0 Å². The first-order valence-electron chi connectivity index (χ1n) is 2.43. The molecule has 0 aromatic rings. The molecule has 0 spiro atoms. The quantitative estimate of drug-likeness (QED) is 0.628. The van der Waals surface area contributed by atoms with Gasteiger partial charge in [0.25, 0.3) is 0 Å². The second-order valence-corrected chi connectivity index (χ2v) is 22.7. The van der Waals surface area contributed by atoms with Crippen LogP contribution in [0.2, 0.25) is 0 Å². The molecule has 56 valence electrons. The van der Waals surface area contributed by atoms with Crippen molar-refractivity contribution in [3.8, 4) is 0 Å². The molecular formula is C4H9Cl3NTa. The van der Waals surface area contributed by atoms with Crippen molar-refractivity contribution in [3.63, 3.8) is 0 Å². The third-order valence-corrected chi connectivity index (χ3v) is 5.24. The molecule has 0 aliphatic heterocycles. The molecular weight excluding hydrogens is 349 g/mol. The zero-order chi connectivity index (χ0) is 7.71. The standard InChI is InChI=1S/C4H9N.3ClH.Ta/c1-4(2,3)5;;;;/h1-3H3;3*1H;/q;;;;+3/p-3. The van der Waals surface area contributed by atoms with Crippen molar-refractivity contribution < 1.29 is 13.7 Å². The molecule has 0 heterocycles. The van der Waals surface area contributed by atoms with Crippen LogP contribution in [0.15, 0.2) is 3.34 Å². The molecule has 9 heavy (non-hydrogen) atoms. The van der Waals surface area contributed by atoms with Crippen molar-refractivity contribution in [2.45, 2.75) is 26.3 Å². The average Bonchev–Trinajstić information content (AvgIpc) is 1.14. The van der Waals surface area contributed by atoms with Crippen molar-refractivity contribution in [1.29, 1.82) is 0 Å². The molecule has 0 aromatic carbocycles. The normalized spacial score (nSPS) is 13.6. The zero-order valence-electron chi connectivity index (χ0n) is 5.53. The van der Waals surface area contributed by atoms with Crippen LogP contribution in [0.3, 0.4) is 0 Å². The number of rotatable bonds is 0. The Kier molecular flexibility index (Phi) is 3.71. The first kappa shape index (κ1) is 10.4. The number of nitrogens with zero attached hydrogens (tertiary/aromatic N) is 1. The molecule has 0 rings (SSSR count). The SMILES string of the molecule is CC(C)(C)[N]=[Ta]([Cl])([Cl])[Cl]. The van der Waals surface area contributed by atoms with Crippen molar-refractivity contribution in [2.75, 3.05) is 0 Å². The Labute approximate surface area is 70.5 Å². The molecule has 0 saturated carbocycles. The molecule has 0 amide bonds. The minimum atomic E-state index is -3.45. The molecule has 0 aliphatic carbocycles. The Hall–Kier alpha value is 1.41. The van der Waals surface area contributed by atoms with E-state index in [2.05, 4.69) is 3.34 Å². The second kappa shape index (κ2) is 3.21. The predicted octanol–water partition coefficient (Wildman–Crippen LogP) is 3.58. The van der Waals surface area contributed by atoms with Crippen LogP contribution in [0.1, 0.15) is 20.8 Å². The van der Waals surface area contributed by atoms with Gasteiger partial charge in [-0.3, -0.25) is 0 Å². The van der Waals surface area contributed by atoms with Crippen LogP contribution in [0.4, 0.5) is 0 Å². The average molecular weight is 358 g/mol. The van der Waals surface area contributed by atoms with Crippen LogP contribution in [-0.4, -0.2) is 5.54 Å². The van der Waals surface area contributed by atoms with Gasteiger partial charge >= 0.3 is 70.9 Å². The van der Waals surface area contributed by atoms with Crippen LogP contribution < -0.4 is 0 Å². The number of hydrogen-bond donors (Lipinski definition) is 0. The van der Waals surface area contributed by atoms with E-state index in [4.69, 9.17) is 27.6 Å². The molecule has 0 saturated heterocycles. The van der Waals surface area contributed by atoms with Crippen molar-refractivity contribution >= 4 is 27.6 Å². The van der Waals surface area contributed by atoms with Gasteiger partial charge in [0, 0.05) is 0 Å². The summed E-state index contributed by atoms with van der Waals surface area (Å²) >= 11 is -3.45. The molecule has 0 bridgehead atoms. The molecule has 0 fully saturated rings. The summed E-state index contributed by atoms with van der Waals surface area (Å²) in [7, 11) is 16.8. The third kappa shape index (κ3) is 9.41. The molecule has 5 heteroatoms. The van der Waals surface area contributed by atoms with E-state index >= 15 is 0 Å². The van der Waals surface area contributed by atoms with Gasteiger partial charge in [-0.05, 0) is 0 Å². The number of halogens is 3. The molecule has 1 nitrogen and oxygen atoms in total. The molecule has 0 aromatic heterocycles. The zero-order valence-corrected chi connectivity index (χ0v) is 11.0. The first-order valence-corrected chi connectivity index (χ1v) is 15.8. The maximum atomic E-state index is 5.60. The van der Waals surface area contributed by atoms with Crippen molar-refractivity contribution in [3.05, 3.63) is 0 Å². The molecule has 0 radical (unpaired) electrons. The van der Waals surface area contributed by atoms with Gasteiger partial charge in [-0.15, -0.1) is 0 Å². The van der Waals surface area contributed by atoms with Crippen molar-refractivity contribution in [2.24, 2.45) is 3.34 Å². The predicted molar refractivity (Wildman–Crippen MR) is 39.7 cm³/mol. The summed E-state index contributed by atoms with van der Waals surface area (Å²) in [6.45, 7) is 5.77. The van der Waals surface area contributed by atoms with E-state index in [1.165, 1.54) is 0 Å². The third-order valence-electron chi connectivity index (χ3n) is 0.413. The van der Waals surface area contributed by atoms with Gasteiger partial charge in [-0.2, -0.15) is 0 Å². The molecule has 0 N–H and O–H groups in total. The van der Waals surface area contributed by atoms with E-state index in [0.29, 0.717) is 0 Å². The second-order valence-electron chi connectivity index (χ2n) is 2.69. The van der Waals surface area contributed by atoms with Crippen LogP contribution >= 0.6 is 27.6 Å². The van der Waals surface area contributed by atoms with Gasteiger partial charge < -0.3 is 0 Å². The fraction of sp³-hybridized carbons (Fsp3) is 1.00. The van der Waals surface area contributed by atoms with Gasteiger partial charge in [0.2, 0.25) is 0 Å². The topological polar surface area (TPSA) is 12.4 Å². The fourth-order valence-electron chi connectivity index (χ4n) is 0.340. The summed E-state index contributed by atoms with van der Waals surface area (Å²) in [4.78, 5) is 0. The van der Waals surface area contributed by atoms with Crippen LogP contribution in [0.5, 0.6) is 0 Å². The minimum absolute atomic E-state index is 0.191. The van der Waals surface area contributed by atoms with Gasteiger partial charge in [0.15, 0.2) is 0 Å². The Morgan fingerprint density at radius 1 is 1.11 bits per heavy atom. The van der Waals surface area contributed by atoms with E-state index in [9.17, 15) is 0 Å². The summed E-state index contributed by atoms with van der Waals surface area (Å²) in [5, 5.41) is 0. The Morgan fingerprint density at radius 3 is 1.44 bits per heavy atom. The molecule has 0 atom stereocenters. The van der Waals surface area contributed by atoms with Crippen LogP contribution in [0.25, 0.3) is 0 Å². The monoisotopic (exact) mass is 357 g/mol. The van der Waals surface area contributed by atoms with E-state index in [1.807, 2.05) is 20.8 Å². The summed E-state index contributed by atoms with van der Waals surface area (Å²) < 4.78 is 4.05. The van der Waals surface area contributed by atoms with E-state index in [0.717, 1.165) is 0 Å². The summed E-state index contributed by atoms with van der Waals surface area (Å²) in [6, 6.07) is 0. The van der Waals surface area contributed by atoms with Gasteiger partial charge in [-0.1, -0.05) is 0 Å². The maximum absolute atomic E-state index is 5.60. The number of hydrogen-bond acceptors (Lipinski definition) is 1. The van der Waals surface area contributed by atoms with Crippen molar-refractivity contribution in [1.82, 2.24) is 0 Å². The Morgan fingerprint density at radius 2 is 1.44 bits per heavy atom. The Bertz CT molecular complexity index is 134.